The van der Waals surface area contributed by atoms with E-state index in [2.05, 4.69) is 15.9 Å². The highest BCUT2D eigenvalue weighted by Crippen LogP contribution is 2.30. The van der Waals surface area contributed by atoms with Crippen molar-refractivity contribution >= 4 is 27.9 Å². The Labute approximate surface area is 123 Å². The quantitative estimate of drug-likeness (QED) is 0.894. The van der Waals surface area contributed by atoms with Gasteiger partial charge in [-0.2, -0.15) is 0 Å². The van der Waals surface area contributed by atoms with Crippen LogP contribution in [-0.4, -0.2) is 22.2 Å². The number of halogens is 1. The molecule has 0 aliphatic heterocycles. The van der Waals surface area contributed by atoms with Crippen LogP contribution in [0, 0.1) is 6.92 Å². The lowest BCUT2D eigenvalue weighted by atomic mass is 9.92. The Morgan fingerprint density at radius 1 is 0.950 bits per heavy atom. The number of hydrogen-bond donors (Lipinski definition) is 2. The van der Waals surface area contributed by atoms with E-state index < -0.39 is 11.9 Å². The van der Waals surface area contributed by atoms with Crippen LogP contribution < -0.4 is 0 Å². The third-order valence-corrected chi connectivity index (χ3v) is 3.41. The van der Waals surface area contributed by atoms with Gasteiger partial charge in [-0.25, -0.2) is 9.59 Å². The molecular formula is C15H11BrO4. The van der Waals surface area contributed by atoms with Crippen molar-refractivity contribution in [3.05, 3.63) is 57.6 Å². The zero-order valence-electron chi connectivity index (χ0n) is 10.6. The van der Waals surface area contributed by atoms with Crippen LogP contribution in [0.4, 0.5) is 0 Å². The molecule has 0 saturated carbocycles. The standard InChI is InChI=1S/C15H11BrO4/c1-8-6-11(14(17)18)13(12(7-8)15(19)20)9-2-4-10(16)5-3-9/h2-7H,1H3,(H,17,18)(H,19,20). The Bertz CT molecular complexity index is 655. The van der Waals surface area contributed by atoms with E-state index in [9.17, 15) is 19.8 Å². The molecule has 4 nitrogen and oxygen atoms in total. The third-order valence-electron chi connectivity index (χ3n) is 2.88. The van der Waals surface area contributed by atoms with E-state index in [0.29, 0.717) is 11.1 Å². The molecule has 0 aliphatic carbocycles. The molecule has 2 aromatic rings. The molecule has 2 aromatic carbocycles. The second-order valence-electron chi connectivity index (χ2n) is 4.35. The highest BCUT2D eigenvalue weighted by Gasteiger charge is 2.20. The fraction of sp³-hybridized carbons (Fsp3) is 0.0667. The summed E-state index contributed by atoms with van der Waals surface area (Å²) < 4.78 is 0.835. The number of hydrogen-bond acceptors (Lipinski definition) is 2. The molecule has 0 spiro atoms. The van der Waals surface area contributed by atoms with Gasteiger partial charge in [0.05, 0.1) is 11.1 Å². The summed E-state index contributed by atoms with van der Waals surface area (Å²) in [6.45, 7) is 1.67. The monoisotopic (exact) mass is 334 g/mol. The molecule has 0 saturated heterocycles. The molecule has 0 aromatic heterocycles. The summed E-state index contributed by atoms with van der Waals surface area (Å²) in [5, 5.41) is 18.6. The number of carboxylic acid groups (broad SMARTS) is 2. The molecule has 0 unspecified atom stereocenters. The van der Waals surface area contributed by atoms with Crippen molar-refractivity contribution < 1.29 is 19.8 Å². The van der Waals surface area contributed by atoms with Crippen LogP contribution in [0.15, 0.2) is 40.9 Å². The summed E-state index contributed by atoms with van der Waals surface area (Å²) in [5.74, 6) is -2.29. The van der Waals surface area contributed by atoms with Crippen LogP contribution in [0.25, 0.3) is 11.1 Å². The van der Waals surface area contributed by atoms with Gasteiger partial charge in [-0.15, -0.1) is 0 Å². The van der Waals surface area contributed by atoms with Crippen LogP contribution in [-0.2, 0) is 0 Å². The Morgan fingerprint density at radius 2 is 1.40 bits per heavy atom. The number of carboxylic acids is 2. The molecule has 0 atom stereocenters. The minimum Gasteiger partial charge on any atom is -0.478 e. The molecule has 102 valence electrons. The fourth-order valence-corrected chi connectivity index (χ4v) is 2.32. The molecule has 0 aliphatic rings. The minimum absolute atomic E-state index is 0.00952. The minimum atomic E-state index is -1.14. The maximum Gasteiger partial charge on any atom is 0.336 e. The summed E-state index contributed by atoms with van der Waals surface area (Å²) in [6.07, 6.45) is 0. The highest BCUT2D eigenvalue weighted by atomic mass is 79.9. The molecular weight excluding hydrogens is 324 g/mol. The van der Waals surface area contributed by atoms with E-state index in [1.165, 1.54) is 12.1 Å². The topological polar surface area (TPSA) is 74.6 Å². The molecule has 0 amide bonds. The van der Waals surface area contributed by atoms with Crippen LogP contribution in [0.5, 0.6) is 0 Å². The summed E-state index contributed by atoms with van der Waals surface area (Å²) in [4.78, 5) is 22.8. The first-order chi connectivity index (χ1) is 9.40. The highest BCUT2D eigenvalue weighted by molar-refractivity contribution is 9.10. The SMILES string of the molecule is Cc1cc(C(=O)O)c(-c2ccc(Br)cc2)c(C(=O)O)c1. The average Bonchev–Trinajstić information content (AvgIpc) is 2.38. The van der Waals surface area contributed by atoms with Crippen molar-refractivity contribution in [2.45, 2.75) is 6.92 Å². The molecule has 0 heterocycles. The van der Waals surface area contributed by atoms with Crippen LogP contribution >= 0.6 is 15.9 Å². The molecule has 20 heavy (non-hydrogen) atoms. The molecule has 2 N–H and O–H groups in total. The third kappa shape index (κ3) is 2.72. The summed E-state index contributed by atoms with van der Waals surface area (Å²) >= 11 is 3.29. The molecule has 2 rings (SSSR count). The summed E-state index contributed by atoms with van der Waals surface area (Å²) in [7, 11) is 0. The second kappa shape index (κ2) is 5.46. The van der Waals surface area contributed by atoms with Crippen LogP contribution in [0.2, 0.25) is 0 Å². The largest absolute Gasteiger partial charge is 0.478 e. The smallest absolute Gasteiger partial charge is 0.336 e. The van der Waals surface area contributed by atoms with Gasteiger partial charge in [0.25, 0.3) is 0 Å². The molecule has 0 radical (unpaired) electrons. The van der Waals surface area contributed by atoms with Crippen molar-refractivity contribution in [1.29, 1.82) is 0 Å². The molecule has 5 heteroatoms. The van der Waals surface area contributed by atoms with E-state index >= 15 is 0 Å². The van der Waals surface area contributed by atoms with Crippen molar-refractivity contribution in [2.24, 2.45) is 0 Å². The van der Waals surface area contributed by atoms with E-state index in [-0.39, 0.29) is 16.7 Å². The Balaban J connectivity index is 2.80. The first-order valence-electron chi connectivity index (χ1n) is 5.77. The average molecular weight is 335 g/mol. The van der Waals surface area contributed by atoms with Crippen molar-refractivity contribution in [3.8, 4) is 11.1 Å². The lowest BCUT2D eigenvalue weighted by Crippen LogP contribution is -2.08. The predicted molar refractivity (Wildman–Crippen MR) is 78.2 cm³/mol. The molecule has 0 bridgehead atoms. The first-order valence-corrected chi connectivity index (χ1v) is 6.56. The fourth-order valence-electron chi connectivity index (χ4n) is 2.05. The van der Waals surface area contributed by atoms with E-state index in [1.807, 2.05) is 0 Å². The zero-order chi connectivity index (χ0) is 14.9. The maximum absolute atomic E-state index is 11.4. The summed E-state index contributed by atoms with van der Waals surface area (Å²) in [5.41, 5.74) is 1.36. The van der Waals surface area contributed by atoms with Crippen molar-refractivity contribution in [2.75, 3.05) is 0 Å². The Kier molecular flexibility index (Phi) is 3.90. The van der Waals surface area contributed by atoms with Gasteiger partial charge < -0.3 is 10.2 Å². The second-order valence-corrected chi connectivity index (χ2v) is 5.27. The van der Waals surface area contributed by atoms with Gasteiger partial charge in [0, 0.05) is 10.0 Å². The van der Waals surface area contributed by atoms with Gasteiger partial charge >= 0.3 is 11.9 Å². The molecule has 0 fully saturated rings. The Hall–Kier alpha value is -2.14. The number of aryl methyl sites for hydroxylation is 1. The normalized spacial score (nSPS) is 10.3. The summed E-state index contributed by atoms with van der Waals surface area (Å²) in [6, 6.07) is 9.82. The van der Waals surface area contributed by atoms with Crippen LogP contribution in [0.1, 0.15) is 26.3 Å². The van der Waals surface area contributed by atoms with Gasteiger partial charge in [0.15, 0.2) is 0 Å². The van der Waals surface area contributed by atoms with Gasteiger partial charge in [-0.1, -0.05) is 28.1 Å². The van der Waals surface area contributed by atoms with Gasteiger partial charge in [-0.05, 0) is 42.3 Å². The van der Waals surface area contributed by atoms with Crippen LogP contribution in [0.3, 0.4) is 0 Å². The van der Waals surface area contributed by atoms with E-state index in [0.717, 1.165) is 4.47 Å². The lowest BCUT2D eigenvalue weighted by molar-refractivity contribution is 0.0696. The first kappa shape index (κ1) is 14.3. The van der Waals surface area contributed by atoms with Crippen molar-refractivity contribution in [1.82, 2.24) is 0 Å². The maximum atomic E-state index is 11.4. The van der Waals surface area contributed by atoms with Gasteiger partial charge in [0.2, 0.25) is 0 Å². The number of carbonyl (C=O) groups is 2. The number of aromatic carboxylic acids is 2. The zero-order valence-corrected chi connectivity index (χ0v) is 12.1. The number of benzene rings is 2. The van der Waals surface area contributed by atoms with Gasteiger partial charge in [0.1, 0.15) is 0 Å². The van der Waals surface area contributed by atoms with Crippen molar-refractivity contribution in [3.63, 3.8) is 0 Å². The Morgan fingerprint density at radius 3 is 1.80 bits per heavy atom. The van der Waals surface area contributed by atoms with Gasteiger partial charge in [-0.3, -0.25) is 0 Å². The predicted octanol–water partition coefficient (Wildman–Crippen LogP) is 3.82. The van der Waals surface area contributed by atoms with E-state index in [4.69, 9.17) is 0 Å². The van der Waals surface area contributed by atoms with E-state index in [1.54, 1.807) is 31.2 Å². The lowest BCUT2D eigenvalue weighted by Gasteiger charge is -2.12. The number of rotatable bonds is 3.